The molecule has 1 aromatic heterocycles. The predicted molar refractivity (Wildman–Crippen MR) is 81.5 cm³/mol. The number of hydrogen-bond acceptors (Lipinski definition) is 2. The minimum atomic E-state index is 0.640. The fraction of sp³-hybridized carbons (Fsp3) is 0.0833. The number of thiophene rings is 1. The number of thiocarbonyl (C=S) groups is 1. The van der Waals surface area contributed by atoms with E-state index in [1.165, 1.54) is 4.88 Å². The van der Waals surface area contributed by atoms with Crippen LogP contribution in [0.15, 0.2) is 46.3 Å². The lowest BCUT2D eigenvalue weighted by Gasteiger charge is -2.09. The van der Waals surface area contributed by atoms with Crippen molar-refractivity contribution >= 4 is 50.3 Å². The van der Waals surface area contributed by atoms with Gasteiger partial charge in [0.1, 0.15) is 0 Å². The van der Waals surface area contributed by atoms with Gasteiger partial charge in [0.2, 0.25) is 0 Å². The molecular formula is C12H11BrN2S2. The van der Waals surface area contributed by atoms with Gasteiger partial charge in [-0.05, 0) is 47.9 Å². The molecule has 0 bridgehead atoms. The van der Waals surface area contributed by atoms with Crippen LogP contribution < -0.4 is 10.6 Å². The first-order valence-electron chi connectivity index (χ1n) is 5.07. The monoisotopic (exact) mass is 326 g/mol. The van der Waals surface area contributed by atoms with E-state index in [-0.39, 0.29) is 0 Å². The largest absolute Gasteiger partial charge is 0.358 e. The maximum Gasteiger partial charge on any atom is 0.171 e. The quantitative estimate of drug-likeness (QED) is 0.834. The number of nitrogens with one attached hydrogen (secondary N) is 2. The highest BCUT2D eigenvalue weighted by Gasteiger charge is 1.98. The van der Waals surface area contributed by atoms with Gasteiger partial charge >= 0.3 is 0 Å². The third-order valence-corrected chi connectivity index (χ3v) is 3.76. The summed E-state index contributed by atoms with van der Waals surface area (Å²) in [7, 11) is 0. The molecule has 0 aliphatic rings. The van der Waals surface area contributed by atoms with Crippen LogP contribution in [-0.2, 0) is 6.54 Å². The first-order chi connectivity index (χ1) is 8.24. The molecule has 0 aliphatic carbocycles. The van der Waals surface area contributed by atoms with E-state index in [2.05, 4.69) is 38.0 Å². The van der Waals surface area contributed by atoms with Gasteiger partial charge in [0, 0.05) is 15.0 Å². The van der Waals surface area contributed by atoms with Gasteiger partial charge in [-0.25, -0.2) is 0 Å². The van der Waals surface area contributed by atoms with E-state index in [9.17, 15) is 0 Å². The van der Waals surface area contributed by atoms with Crippen LogP contribution in [0.4, 0.5) is 5.69 Å². The smallest absolute Gasteiger partial charge is 0.171 e. The van der Waals surface area contributed by atoms with Crippen molar-refractivity contribution in [1.82, 2.24) is 5.32 Å². The van der Waals surface area contributed by atoms with Crippen molar-refractivity contribution in [3.05, 3.63) is 51.1 Å². The molecule has 0 atom stereocenters. The number of halogens is 1. The minimum absolute atomic E-state index is 0.640. The summed E-state index contributed by atoms with van der Waals surface area (Å²) in [5.41, 5.74) is 0.983. The Balaban J connectivity index is 1.83. The summed E-state index contributed by atoms with van der Waals surface area (Å²) in [6.07, 6.45) is 0. The van der Waals surface area contributed by atoms with Crippen molar-refractivity contribution in [3.8, 4) is 0 Å². The first kappa shape index (κ1) is 12.5. The van der Waals surface area contributed by atoms with Crippen LogP contribution in [0.1, 0.15) is 4.88 Å². The van der Waals surface area contributed by atoms with E-state index in [4.69, 9.17) is 12.2 Å². The van der Waals surface area contributed by atoms with Crippen molar-refractivity contribution < 1.29 is 0 Å². The molecule has 0 aliphatic heterocycles. The second-order valence-corrected chi connectivity index (χ2v) is 5.75. The third kappa shape index (κ3) is 4.11. The van der Waals surface area contributed by atoms with Gasteiger partial charge in [0.25, 0.3) is 0 Å². The molecule has 88 valence electrons. The number of hydrogen-bond donors (Lipinski definition) is 2. The molecule has 5 heteroatoms. The van der Waals surface area contributed by atoms with Gasteiger partial charge in [0.05, 0.1) is 6.54 Å². The van der Waals surface area contributed by atoms with E-state index in [1.54, 1.807) is 11.3 Å². The molecule has 0 spiro atoms. The number of benzene rings is 1. The molecule has 2 N–H and O–H groups in total. The van der Waals surface area contributed by atoms with Crippen LogP contribution in [0.2, 0.25) is 0 Å². The standard InChI is InChI=1S/C12H11BrN2S2/c13-9-3-5-10(6-4-9)15-12(16)14-8-11-2-1-7-17-11/h1-7H,8H2,(H2,14,15,16). The predicted octanol–water partition coefficient (Wildman–Crippen LogP) is 4.00. The van der Waals surface area contributed by atoms with Gasteiger partial charge in [-0.3, -0.25) is 0 Å². The van der Waals surface area contributed by atoms with E-state index in [0.717, 1.165) is 16.7 Å². The van der Waals surface area contributed by atoms with Gasteiger partial charge in [-0.1, -0.05) is 22.0 Å². The molecule has 0 unspecified atom stereocenters. The maximum atomic E-state index is 5.21. The second-order valence-electron chi connectivity index (χ2n) is 3.39. The molecule has 2 nitrogen and oxygen atoms in total. The zero-order chi connectivity index (χ0) is 12.1. The Kier molecular flexibility index (Phi) is 4.53. The summed E-state index contributed by atoms with van der Waals surface area (Å²) in [5.74, 6) is 0. The van der Waals surface area contributed by atoms with Crippen LogP contribution in [0, 0.1) is 0 Å². The molecule has 0 saturated carbocycles. The zero-order valence-electron chi connectivity index (χ0n) is 8.94. The van der Waals surface area contributed by atoms with Gasteiger partial charge in [0.15, 0.2) is 5.11 Å². The summed E-state index contributed by atoms with van der Waals surface area (Å²) in [5, 5.41) is 9.00. The summed E-state index contributed by atoms with van der Waals surface area (Å²) in [6, 6.07) is 12.0. The number of anilines is 1. The summed E-state index contributed by atoms with van der Waals surface area (Å²) in [4.78, 5) is 1.27. The highest BCUT2D eigenvalue weighted by Crippen LogP contribution is 2.14. The molecule has 2 aromatic rings. The molecular weight excluding hydrogens is 316 g/mol. The topological polar surface area (TPSA) is 24.1 Å². The van der Waals surface area contributed by atoms with Gasteiger partial charge in [-0.15, -0.1) is 11.3 Å². The van der Waals surface area contributed by atoms with Crippen molar-refractivity contribution in [1.29, 1.82) is 0 Å². The van der Waals surface area contributed by atoms with E-state index in [1.807, 2.05) is 30.3 Å². The van der Waals surface area contributed by atoms with E-state index >= 15 is 0 Å². The third-order valence-electron chi connectivity index (χ3n) is 2.11. The summed E-state index contributed by atoms with van der Waals surface area (Å²) < 4.78 is 1.06. The zero-order valence-corrected chi connectivity index (χ0v) is 12.2. The fourth-order valence-corrected chi connectivity index (χ4v) is 2.39. The van der Waals surface area contributed by atoms with Crippen molar-refractivity contribution in [2.75, 3.05) is 5.32 Å². The molecule has 0 amide bonds. The Bertz CT molecular complexity index is 480. The summed E-state index contributed by atoms with van der Waals surface area (Å²) >= 11 is 10.3. The maximum absolute atomic E-state index is 5.21. The van der Waals surface area contributed by atoms with Crippen LogP contribution >= 0.6 is 39.5 Å². The molecule has 0 radical (unpaired) electrons. The SMILES string of the molecule is S=C(NCc1cccs1)Nc1ccc(Br)cc1. The Morgan fingerprint density at radius 3 is 2.65 bits per heavy atom. The van der Waals surface area contributed by atoms with E-state index < -0.39 is 0 Å². The molecule has 1 heterocycles. The van der Waals surface area contributed by atoms with Crippen LogP contribution in [0.5, 0.6) is 0 Å². The van der Waals surface area contributed by atoms with E-state index in [0.29, 0.717) is 5.11 Å². The Morgan fingerprint density at radius 2 is 2.00 bits per heavy atom. The first-order valence-corrected chi connectivity index (χ1v) is 7.15. The van der Waals surface area contributed by atoms with Gasteiger partial charge in [-0.2, -0.15) is 0 Å². The Morgan fingerprint density at radius 1 is 1.24 bits per heavy atom. The average Bonchev–Trinajstić information content (AvgIpc) is 2.83. The fourth-order valence-electron chi connectivity index (χ4n) is 1.29. The van der Waals surface area contributed by atoms with Crippen LogP contribution in [0.3, 0.4) is 0 Å². The lowest BCUT2D eigenvalue weighted by Crippen LogP contribution is -2.27. The lowest BCUT2D eigenvalue weighted by atomic mass is 10.3. The average molecular weight is 327 g/mol. The lowest BCUT2D eigenvalue weighted by molar-refractivity contribution is 0.946. The normalized spacial score (nSPS) is 9.94. The molecule has 0 fully saturated rings. The van der Waals surface area contributed by atoms with Crippen LogP contribution in [0.25, 0.3) is 0 Å². The van der Waals surface area contributed by atoms with Crippen LogP contribution in [-0.4, -0.2) is 5.11 Å². The van der Waals surface area contributed by atoms with Crippen molar-refractivity contribution in [2.24, 2.45) is 0 Å². The molecule has 17 heavy (non-hydrogen) atoms. The highest BCUT2D eigenvalue weighted by atomic mass is 79.9. The minimum Gasteiger partial charge on any atom is -0.358 e. The summed E-state index contributed by atoms with van der Waals surface area (Å²) in [6.45, 7) is 0.764. The molecule has 1 aromatic carbocycles. The molecule has 2 rings (SSSR count). The molecule has 0 saturated heterocycles. The Hall–Kier alpha value is -0.910. The second kappa shape index (κ2) is 6.14. The van der Waals surface area contributed by atoms with Gasteiger partial charge < -0.3 is 10.6 Å². The van der Waals surface area contributed by atoms with Crippen molar-refractivity contribution in [2.45, 2.75) is 6.54 Å². The number of rotatable bonds is 3. The highest BCUT2D eigenvalue weighted by molar-refractivity contribution is 9.10. The van der Waals surface area contributed by atoms with Crippen molar-refractivity contribution in [3.63, 3.8) is 0 Å². The Labute approximate surface area is 118 Å².